The van der Waals surface area contributed by atoms with E-state index >= 15 is 0 Å². The molecule has 0 spiro atoms. The van der Waals surface area contributed by atoms with Crippen molar-refractivity contribution in [2.24, 2.45) is 5.73 Å². The number of nitrogens with two attached hydrogens (primary N) is 1. The molecular formula is C9H11F3N2O. The van der Waals surface area contributed by atoms with Crippen LogP contribution in [0.5, 0.6) is 0 Å². The normalized spacial score (nSPS) is 13.9. The Kier molecular flexibility index (Phi) is 3.18. The van der Waals surface area contributed by atoms with Gasteiger partial charge in [0, 0.05) is 18.7 Å². The van der Waals surface area contributed by atoms with Crippen molar-refractivity contribution in [3.8, 4) is 0 Å². The van der Waals surface area contributed by atoms with Gasteiger partial charge in [-0.15, -0.1) is 0 Å². The summed E-state index contributed by atoms with van der Waals surface area (Å²) in [5.74, 6) is 0. The van der Waals surface area contributed by atoms with Crippen LogP contribution >= 0.6 is 0 Å². The Morgan fingerprint density at radius 1 is 1.47 bits per heavy atom. The zero-order valence-corrected chi connectivity index (χ0v) is 8.08. The second-order valence-corrected chi connectivity index (χ2v) is 3.33. The number of pyridine rings is 1. The van der Waals surface area contributed by atoms with E-state index in [1.165, 1.54) is 0 Å². The number of aromatic nitrogens is 1. The highest BCUT2D eigenvalue weighted by atomic mass is 19.4. The van der Waals surface area contributed by atoms with Gasteiger partial charge in [0.1, 0.15) is 5.69 Å². The molecule has 0 aliphatic heterocycles. The number of rotatable bonds is 2. The summed E-state index contributed by atoms with van der Waals surface area (Å²) in [5, 5.41) is 0. The Balaban J connectivity index is 3.27. The molecule has 0 fully saturated rings. The number of halogens is 3. The lowest BCUT2D eigenvalue weighted by atomic mass is 10.3. The maximum atomic E-state index is 12.5. The van der Waals surface area contributed by atoms with E-state index in [0.29, 0.717) is 4.57 Å². The molecule has 0 bridgehead atoms. The molecule has 84 valence electrons. The first-order valence-electron chi connectivity index (χ1n) is 4.35. The maximum absolute atomic E-state index is 12.5. The van der Waals surface area contributed by atoms with E-state index in [-0.39, 0.29) is 6.54 Å². The van der Waals surface area contributed by atoms with Crippen LogP contribution in [0.15, 0.2) is 23.0 Å². The highest BCUT2D eigenvalue weighted by Gasteiger charge is 2.34. The maximum Gasteiger partial charge on any atom is 0.431 e. The Morgan fingerprint density at radius 3 is 2.53 bits per heavy atom. The van der Waals surface area contributed by atoms with Crippen LogP contribution in [-0.4, -0.2) is 10.6 Å². The van der Waals surface area contributed by atoms with E-state index < -0.39 is 23.5 Å². The summed E-state index contributed by atoms with van der Waals surface area (Å²) < 4.78 is 38.1. The number of alkyl halides is 3. The first-order chi connectivity index (χ1) is 6.82. The molecule has 1 unspecified atom stereocenters. The van der Waals surface area contributed by atoms with Crippen LogP contribution in [0.3, 0.4) is 0 Å². The Hall–Kier alpha value is -1.30. The summed E-state index contributed by atoms with van der Waals surface area (Å²) >= 11 is 0. The molecule has 2 N–H and O–H groups in total. The van der Waals surface area contributed by atoms with Crippen molar-refractivity contribution < 1.29 is 13.2 Å². The van der Waals surface area contributed by atoms with Gasteiger partial charge >= 0.3 is 6.18 Å². The minimum absolute atomic E-state index is 0.144. The molecule has 0 saturated carbocycles. The lowest BCUT2D eigenvalue weighted by molar-refractivity contribution is -0.144. The molecule has 0 radical (unpaired) electrons. The monoisotopic (exact) mass is 220 g/mol. The average molecular weight is 220 g/mol. The summed E-state index contributed by atoms with van der Waals surface area (Å²) in [6, 6.07) is 2.52. The number of hydrogen-bond acceptors (Lipinski definition) is 2. The fraction of sp³-hybridized carbons (Fsp3) is 0.444. The molecule has 0 amide bonds. The molecule has 1 aromatic rings. The quantitative estimate of drug-likeness (QED) is 0.814. The van der Waals surface area contributed by atoms with Gasteiger partial charge < -0.3 is 10.3 Å². The molecule has 0 aliphatic carbocycles. The third-order valence-electron chi connectivity index (χ3n) is 1.81. The van der Waals surface area contributed by atoms with Crippen LogP contribution in [0.25, 0.3) is 0 Å². The zero-order valence-electron chi connectivity index (χ0n) is 8.08. The predicted octanol–water partition coefficient (Wildman–Crippen LogP) is 1.21. The van der Waals surface area contributed by atoms with Gasteiger partial charge in [-0.25, -0.2) is 0 Å². The van der Waals surface area contributed by atoms with Crippen molar-refractivity contribution in [2.75, 3.05) is 0 Å². The minimum Gasteiger partial charge on any atom is -0.326 e. The zero-order chi connectivity index (χ0) is 11.6. The van der Waals surface area contributed by atoms with Crippen LogP contribution in [0.4, 0.5) is 13.2 Å². The smallest absolute Gasteiger partial charge is 0.326 e. The average Bonchev–Trinajstić information content (AvgIpc) is 2.05. The van der Waals surface area contributed by atoms with Crippen molar-refractivity contribution >= 4 is 0 Å². The molecule has 0 aliphatic rings. The highest BCUT2D eigenvalue weighted by molar-refractivity contribution is 5.10. The second-order valence-electron chi connectivity index (χ2n) is 3.33. The van der Waals surface area contributed by atoms with E-state index in [9.17, 15) is 18.0 Å². The van der Waals surface area contributed by atoms with Gasteiger partial charge in [-0.1, -0.05) is 6.07 Å². The van der Waals surface area contributed by atoms with E-state index in [1.54, 1.807) is 6.92 Å². The molecule has 1 aromatic heterocycles. The molecule has 1 atom stereocenters. The number of hydrogen-bond donors (Lipinski definition) is 1. The summed E-state index contributed by atoms with van der Waals surface area (Å²) in [6.07, 6.45) is -4.53. The van der Waals surface area contributed by atoms with Gasteiger partial charge in [-0.2, -0.15) is 13.2 Å². The summed E-state index contributed by atoms with van der Waals surface area (Å²) in [7, 11) is 0. The molecule has 0 aromatic carbocycles. The summed E-state index contributed by atoms with van der Waals surface area (Å²) in [5.41, 5.74) is 3.72. The lowest BCUT2D eigenvalue weighted by Crippen LogP contribution is -2.33. The lowest BCUT2D eigenvalue weighted by Gasteiger charge is -2.16. The first-order valence-corrected chi connectivity index (χ1v) is 4.35. The molecule has 3 nitrogen and oxygen atoms in total. The van der Waals surface area contributed by atoms with E-state index in [0.717, 1.165) is 18.2 Å². The van der Waals surface area contributed by atoms with Gasteiger partial charge in [0.05, 0.1) is 0 Å². The van der Waals surface area contributed by atoms with Gasteiger partial charge in [0.15, 0.2) is 0 Å². The molecule has 0 saturated heterocycles. The van der Waals surface area contributed by atoms with E-state index in [2.05, 4.69) is 0 Å². The third-order valence-corrected chi connectivity index (χ3v) is 1.81. The standard InChI is InChI=1S/C9H11F3N2O/c1-6(13)5-14-7(9(10,11)12)3-2-4-8(14)15/h2-4,6H,5,13H2,1H3. The SMILES string of the molecule is CC(N)Cn1c(C(F)(F)F)cccc1=O. The Labute approximate surface area is 84.3 Å². The molecule has 6 heteroatoms. The predicted molar refractivity (Wildman–Crippen MR) is 49.4 cm³/mol. The van der Waals surface area contributed by atoms with Crippen molar-refractivity contribution in [1.29, 1.82) is 0 Å². The van der Waals surface area contributed by atoms with Crippen molar-refractivity contribution in [1.82, 2.24) is 4.57 Å². The van der Waals surface area contributed by atoms with E-state index in [4.69, 9.17) is 5.73 Å². The summed E-state index contributed by atoms with van der Waals surface area (Å²) in [6.45, 7) is 1.40. The molecule has 1 rings (SSSR count). The molecule has 15 heavy (non-hydrogen) atoms. The van der Waals surface area contributed by atoms with Crippen LogP contribution < -0.4 is 11.3 Å². The molecular weight excluding hydrogens is 209 g/mol. The van der Waals surface area contributed by atoms with Crippen molar-refractivity contribution in [3.05, 3.63) is 34.2 Å². The van der Waals surface area contributed by atoms with Crippen LogP contribution in [-0.2, 0) is 12.7 Å². The Morgan fingerprint density at radius 2 is 2.07 bits per heavy atom. The first kappa shape index (κ1) is 11.8. The van der Waals surface area contributed by atoms with Gasteiger partial charge in [0.25, 0.3) is 5.56 Å². The van der Waals surface area contributed by atoms with Crippen molar-refractivity contribution in [3.63, 3.8) is 0 Å². The fourth-order valence-corrected chi connectivity index (χ4v) is 1.24. The highest BCUT2D eigenvalue weighted by Crippen LogP contribution is 2.27. The molecule has 1 heterocycles. The Bertz CT molecular complexity index is 395. The fourth-order valence-electron chi connectivity index (χ4n) is 1.24. The van der Waals surface area contributed by atoms with Crippen molar-refractivity contribution in [2.45, 2.75) is 25.7 Å². The van der Waals surface area contributed by atoms with Gasteiger partial charge in [-0.05, 0) is 13.0 Å². The van der Waals surface area contributed by atoms with Crippen LogP contribution in [0.1, 0.15) is 12.6 Å². The third kappa shape index (κ3) is 2.82. The van der Waals surface area contributed by atoms with E-state index in [1.807, 2.05) is 0 Å². The largest absolute Gasteiger partial charge is 0.431 e. The van der Waals surface area contributed by atoms with Crippen LogP contribution in [0, 0.1) is 0 Å². The van der Waals surface area contributed by atoms with Gasteiger partial charge in [-0.3, -0.25) is 4.79 Å². The second kappa shape index (κ2) is 4.06. The topological polar surface area (TPSA) is 48.0 Å². The minimum atomic E-state index is -4.53. The summed E-state index contributed by atoms with van der Waals surface area (Å²) in [4.78, 5) is 11.2. The number of nitrogens with zero attached hydrogens (tertiary/aromatic N) is 1. The van der Waals surface area contributed by atoms with Gasteiger partial charge in [0.2, 0.25) is 0 Å². The van der Waals surface area contributed by atoms with Crippen LogP contribution in [0.2, 0.25) is 0 Å².